The lowest BCUT2D eigenvalue weighted by atomic mass is 10.2. The molecule has 1 fully saturated rings. The fraction of sp³-hybridized carbons (Fsp3) is 0.280. The predicted molar refractivity (Wildman–Crippen MR) is 135 cm³/mol. The minimum Gasteiger partial charge on any atom is -0.406 e. The average molecular weight is 568 g/mol. The molecular formula is C25H24F3N3O5S2. The zero-order chi connectivity index (χ0) is 27.5. The number of thiophene rings is 1. The number of alkyl halides is 3. The number of nitrogens with zero attached hydrogens (tertiary/aromatic N) is 2. The van der Waals surface area contributed by atoms with Crippen molar-refractivity contribution in [3.05, 3.63) is 71.6 Å². The first-order valence-corrected chi connectivity index (χ1v) is 13.7. The van der Waals surface area contributed by atoms with Crippen LogP contribution in [0.3, 0.4) is 0 Å². The maximum absolute atomic E-state index is 13.4. The van der Waals surface area contributed by atoms with Gasteiger partial charge in [-0.3, -0.25) is 9.59 Å². The van der Waals surface area contributed by atoms with Crippen LogP contribution in [-0.4, -0.2) is 61.5 Å². The van der Waals surface area contributed by atoms with Crippen molar-refractivity contribution in [1.82, 2.24) is 14.5 Å². The molecule has 8 nitrogen and oxygen atoms in total. The molecule has 1 aliphatic heterocycles. The molecule has 13 heteroatoms. The van der Waals surface area contributed by atoms with E-state index >= 15 is 0 Å². The van der Waals surface area contributed by atoms with E-state index in [-0.39, 0.29) is 37.0 Å². The number of hydrogen-bond donors (Lipinski definition) is 1. The highest BCUT2D eigenvalue weighted by Crippen LogP contribution is 2.29. The molecule has 1 aromatic heterocycles. The number of amides is 2. The third kappa shape index (κ3) is 6.52. The van der Waals surface area contributed by atoms with E-state index in [2.05, 4.69) is 10.1 Å². The standard InChI is InChI=1S/C25H24F3N3O5S2/c1-17(32)30-13-14-31(38(34,35)21-10-7-19(8-11-21)36-25(26,27)28)22(16-30)24(33)29-15-20-9-12-23(37-20)18-5-3-2-4-6-18/h2-12,22H,13-16H2,1H3,(H,29,33)/t22-/m1/s1. The zero-order valence-corrected chi connectivity index (χ0v) is 21.8. The molecule has 4 rings (SSSR count). The first-order chi connectivity index (χ1) is 17.9. The molecule has 1 N–H and O–H groups in total. The summed E-state index contributed by atoms with van der Waals surface area (Å²) < 4.78 is 69.0. The van der Waals surface area contributed by atoms with Crippen LogP contribution in [0, 0.1) is 0 Å². The Hall–Kier alpha value is -3.42. The van der Waals surface area contributed by atoms with E-state index in [1.54, 1.807) is 0 Å². The molecule has 1 atom stereocenters. The van der Waals surface area contributed by atoms with Gasteiger partial charge in [-0.1, -0.05) is 30.3 Å². The molecule has 2 amide bonds. The second-order valence-electron chi connectivity index (χ2n) is 8.47. The lowest BCUT2D eigenvalue weighted by Gasteiger charge is -2.39. The Kier molecular flexibility index (Phi) is 8.09. The summed E-state index contributed by atoms with van der Waals surface area (Å²) in [6.07, 6.45) is -4.92. The number of nitrogens with one attached hydrogen (secondary N) is 1. The van der Waals surface area contributed by atoms with Gasteiger partial charge < -0.3 is 15.0 Å². The first-order valence-electron chi connectivity index (χ1n) is 11.5. The summed E-state index contributed by atoms with van der Waals surface area (Å²) in [5.41, 5.74) is 1.03. The van der Waals surface area contributed by atoms with Gasteiger partial charge in [0.15, 0.2) is 0 Å². The number of rotatable bonds is 7. The molecule has 3 aromatic rings. The number of sulfonamides is 1. The van der Waals surface area contributed by atoms with E-state index in [9.17, 15) is 31.2 Å². The normalized spacial score (nSPS) is 16.7. The van der Waals surface area contributed by atoms with Crippen molar-refractivity contribution >= 4 is 33.2 Å². The summed E-state index contributed by atoms with van der Waals surface area (Å²) in [7, 11) is -4.28. The van der Waals surface area contributed by atoms with Gasteiger partial charge in [-0.25, -0.2) is 8.42 Å². The van der Waals surface area contributed by atoms with Crippen LogP contribution in [0.5, 0.6) is 5.75 Å². The van der Waals surface area contributed by atoms with Crippen LogP contribution in [0.15, 0.2) is 71.6 Å². The van der Waals surface area contributed by atoms with Crippen LogP contribution >= 0.6 is 11.3 Å². The number of carbonyl (C=O) groups is 2. The van der Waals surface area contributed by atoms with Gasteiger partial charge in [0.2, 0.25) is 21.8 Å². The van der Waals surface area contributed by atoms with Crippen molar-refractivity contribution in [2.45, 2.75) is 30.8 Å². The SMILES string of the molecule is CC(=O)N1CCN(S(=O)(=O)c2ccc(OC(F)(F)F)cc2)[C@@H](C(=O)NCc2ccc(-c3ccccc3)s2)C1. The van der Waals surface area contributed by atoms with Crippen molar-refractivity contribution < 1.29 is 35.9 Å². The average Bonchev–Trinajstić information content (AvgIpc) is 3.36. The van der Waals surface area contributed by atoms with Gasteiger partial charge in [-0.05, 0) is 42.0 Å². The topological polar surface area (TPSA) is 96.0 Å². The second kappa shape index (κ2) is 11.1. The van der Waals surface area contributed by atoms with Crippen LogP contribution in [0.4, 0.5) is 13.2 Å². The molecule has 0 spiro atoms. The first kappa shape index (κ1) is 27.6. The molecule has 0 aliphatic carbocycles. The monoisotopic (exact) mass is 567 g/mol. The number of halogens is 3. The Morgan fingerprint density at radius 3 is 2.34 bits per heavy atom. The summed E-state index contributed by atoms with van der Waals surface area (Å²) in [5, 5.41) is 2.76. The van der Waals surface area contributed by atoms with Crippen LogP contribution in [0.25, 0.3) is 10.4 Å². The van der Waals surface area contributed by atoms with Crippen molar-refractivity contribution in [3.63, 3.8) is 0 Å². The molecule has 0 saturated carbocycles. The van der Waals surface area contributed by atoms with Crippen LogP contribution in [0.1, 0.15) is 11.8 Å². The van der Waals surface area contributed by atoms with Gasteiger partial charge >= 0.3 is 6.36 Å². The summed E-state index contributed by atoms with van der Waals surface area (Å²) in [5.74, 6) is -1.47. The number of piperazine rings is 1. The van der Waals surface area contributed by atoms with E-state index in [1.807, 2.05) is 42.5 Å². The van der Waals surface area contributed by atoms with Gasteiger partial charge in [-0.15, -0.1) is 24.5 Å². The van der Waals surface area contributed by atoms with Gasteiger partial charge in [0.05, 0.1) is 11.4 Å². The van der Waals surface area contributed by atoms with Gasteiger partial charge in [0.25, 0.3) is 0 Å². The molecule has 0 unspecified atom stereocenters. The highest BCUT2D eigenvalue weighted by atomic mass is 32.2. The Morgan fingerprint density at radius 1 is 1.03 bits per heavy atom. The number of carbonyl (C=O) groups excluding carboxylic acids is 2. The maximum atomic E-state index is 13.4. The summed E-state index contributed by atoms with van der Waals surface area (Å²) in [4.78, 5) is 28.2. The minimum absolute atomic E-state index is 0.0684. The number of benzene rings is 2. The highest BCUT2D eigenvalue weighted by Gasteiger charge is 2.41. The van der Waals surface area contributed by atoms with Crippen LogP contribution in [0.2, 0.25) is 0 Å². The van der Waals surface area contributed by atoms with Gasteiger partial charge in [-0.2, -0.15) is 4.31 Å². The fourth-order valence-corrected chi connectivity index (χ4v) is 6.55. The Labute approximate surface area is 221 Å². The van der Waals surface area contributed by atoms with Crippen molar-refractivity contribution in [2.75, 3.05) is 19.6 Å². The second-order valence-corrected chi connectivity index (χ2v) is 11.5. The summed E-state index contributed by atoms with van der Waals surface area (Å²) in [6.45, 7) is 1.24. The van der Waals surface area contributed by atoms with Crippen LogP contribution in [-0.2, 0) is 26.2 Å². The molecule has 2 aromatic carbocycles. The minimum atomic E-state index is -4.92. The van der Waals surface area contributed by atoms with E-state index in [1.165, 1.54) is 23.2 Å². The molecule has 202 valence electrons. The van der Waals surface area contributed by atoms with E-state index in [4.69, 9.17) is 0 Å². The molecule has 0 bridgehead atoms. The van der Waals surface area contributed by atoms with Crippen molar-refractivity contribution in [2.24, 2.45) is 0 Å². The van der Waals surface area contributed by atoms with Gasteiger partial charge in [0.1, 0.15) is 11.8 Å². The highest BCUT2D eigenvalue weighted by molar-refractivity contribution is 7.89. The number of ether oxygens (including phenoxy) is 1. The third-order valence-electron chi connectivity index (χ3n) is 5.90. The lowest BCUT2D eigenvalue weighted by molar-refractivity contribution is -0.274. The molecule has 1 saturated heterocycles. The Bertz CT molecular complexity index is 1390. The summed E-state index contributed by atoms with van der Waals surface area (Å²) in [6, 6.07) is 16.0. The van der Waals surface area contributed by atoms with E-state index in [0.717, 1.165) is 43.9 Å². The Morgan fingerprint density at radius 2 is 1.71 bits per heavy atom. The number of hydrogen-bond acceptors (Lipinski definition) is 6. The lowest BCUT2D eigenvalue weighted by Crippen LogP contribution is -2.61. The smallest absolute Gasteiger partial charge is 0.406 e. The Balaban J connectivity index is 1.51. The van der Waals surface area contributed by atoms with Crippen molar-refractivity contribution in [3.8, 4) is 16.2 Å². The quantitative estimate of drug-likeness (QED) is 0.468. The van der Waals surface area contributed by atoms with E-state index < -0.39 is 34.1 Å². The third-order valence-corrected chi connectivity index (χ3v) is 8.96. The van der Waals surface area contributed by atoms with E-state index in [0.29, 0.717) is 0 Å². The molecule has 2 heterocycles. The fourth-order valence-electron chi connectivity index (χ4n) is 4.02. The largest absolute Gasteiger partial charge is 0.573 e. The summed E-state index contributed by atoms with van der Waals surface area (Å²) >= 11 is 1.49. The maximum Gasteiger partial charge on any atom is 0.573 e. The molecule has 0 radical (unpaired) electrons. The van der Waals surface area contributed by atoms with Crippen molar-refractivity contribution in [1.29, 1.82) is 0 Å². The molecule has 1 aliphatic rings. The van der Waals surface area contributed by atoms with Crippen LogP contribution < -0.4 is 10.1 Å². The molecule has 38 heavy (non-hydrogen) atoms. The molecular weight excluding hydrogens is 543 g/mol. The zero-order valence-electron chi connectivity index (χ0n) is 20.1. The predicted octanol–water partition coefficient (Wildman–Crippen LogP) is 3.85. The van der Waals surface area contributed by atoms with Gasteiger partial charge in [0, 0.05) is 36.3 Å².